The van der Waals surface area contributed by atoms with Crippen molar-refractivity contribution in [2.24, 2.45) is 0 Å². The van der Waals surface area contributed by atoms with Crippen LogP contribution < -0.4 is 4.74 Å². The lowest BCUT2D eigenvalue weighted by atomic mass is 9.97. The molecule has 4 rings (SSSR count). The van der Waals surface area contributed by atoms with Crippen molar-refractivity contribution in [3.05, 3.63) is 71.8 Å². The Balaban J connectivity index is 1.47. The zero-order valence-electron chi connectivity index (χ0n) is 17.9. The Labute approximate surface area is 181 Å². The molecule has 3 aromatic carbocycles. The highest BCUT2D eigenvalue weighted by atomic mass is 32.2. The Bertz CT molecular complexity index is 1030. The third-order valence-corrected chi connectivity index (χ3v) is 8.19. The normalized spacial score (nSPS) is 14.8. The minimum absolute atomic E-state index is 0.107. The number of ether oxygens (including phenoxy) is 2. The summed E-state index contributed by atoms with van der Waals surface area (Å²) >= 11 is 0. The lowest BCUT2D eigenvalue weighted by Crippen LogP contribution is -2.28. The summed E-state index contributed by atoms with van der Waals surface area (Å²) in [5.74, 6) is 2.93. The predicted octanol–water partition coefficient (Wildman–Crippen LogP) is 5.78. The van der Waals surface area contributed by atoms with E-state index in [0.717, 1.165) is 16.7 Å². The zero-order chi connectivity index (χ0) is 21.1. The first-order valence-electron chi connectivity index (χ1n) is 10.5. The van der Waals surface area contributed by atoms with Gasteiger partial charge in [0.05, 0.1) is 0 Å². The molecule has 1 heterocycles. The van der Waals surface area contributed by atoms with Crippen molar-refractivity contribution in [3.8, 4) is 5.75 Å². The Hall–Kier alpha value is -2.46. The maximum absolute atomic E-state index is 12.5. The summed E-state index contributed by atoms with van der Waals surface area (Å²) in [5.41, 5.74) is 1.44. The van der Waals surface area contributed by atoms with Crippen molar-refractivity contribution < 1.29 is 14.3 Å². The van der Waals surface area contributed by atoms with Crippen LogP contribution in [0.5, 0.6) is 5.75 Å². The average molecular weight is 422 g/mol. The first-order valence-corrected chi connectivity index (χ1v) is 12.1. The van der Waals surface area contributed by atoms with E-state index in [4.69, 9.17) is 9.47 Å². The van der Waals surface area contributed by atoms with E-state index in [1.165, 1.54) is 40.2 Å². The number of fused-ring (bicyclic) bond motifs is 1. The third-order valence-electron chi connectivity index (χ3n) is 5.65. The van der Waals surface area contributed by atoms with Crippen LogP contribution in [0, 0.1) is 6.92 Å². The van der Waals surface area contributed by atoms with Gasteiger partial charge >= 0.3 is 5.97 Å². The standard InChI is InChI=1S/C26H29O3S/c1-19-10-12-20(13-11-19)26(2,3)29-25(27)18-28-23-14-15-24(30-16-6-7-17-30)22-9-5-4-8-21(22)23/h4-5,8-15H,6-7,16-18H2,1-3H3/q+1. The van der Waals surface area contributed by atoms with E-state index in [0.29, 0.717) is 10.9 Å². The van der Waals surface area contributed by atoms with E-state index in [1.54, 1.807) is 0 Å². The van der Waals surface area contributed by atoms with Crippen LogP contribution in [-0.4, -0.2) is 24.1 Å². The van der Waals surface area contributed by atoms with E-state index < -0.39 is 5.60 Å². The summed E-state index contributed by atoms with van der Waals surface area (Å²) < 4.78 is 11.7. The molecule has 3 nitrogen and oxygen atoms in total. The summed E-state index contributed by atoms with van der Waals surface area (Å²) in [6.07, 6.45) is 2.64. The molecule has 0 radical (unpaired) electrons. The molecule has 3 aromatic rings. The van der Waals surface area contributed by atoms with Crippen LogP contribution in [0.1, 0.15) is 37.8 Å². The second-order valence-corrected chi connectivity index (χ2v) is 10.6. The Kier molecular flexibility index (Phi) is 6.05. The highest BCUT2D eigenvalue weighted by molar-refractivity contribution is 7.97. The van der Waals surface area contributed by atoms with Gasteiger partial charge in [0, 0.05) is 21.7 Å². The molecule has 0 saturated carbocycles. The van der Waals surface area contributed by atoms with Gasteiger partial charge in [-0.25, -0.2) is 4.79 Å². The molecule has 30 heavy (non-hydrogen) atoms. The van der Waals surface area contributed by atoms with E-state index in [2.05, 4.69) is 24.3 Å². The fourth-order valence-electron chi connectivity index (χ4n) is 3.96. The second kappa shape index (κ2) is 8.73. The van der Waals surface area contributed by atoms with Gasteiger partial charge in [-0.1, -0.05) is 48.0 Å². The zero-order valence-corrected chi connectivity index (χ0v) is 18.8. The molecular weight excluding hydrogens is 392 g/mol. The lowest BCUT2D eigenvalue weighted by molar-refractivity contribution is -0.159. The first kappa shape index (κ1) is 20.8. The van der Waals surface area contributed by atoms with Gasteiger partial charge in [0.25, 0.3) is 0 Å². The number of hydrogen-bond donors (Lipinski definition) is 0. The topological polar surface area (TPSA) is 35.5 Å². The number of aryl methyl sites for hydroxylation is 1. The van der Waals surface area contributed by atoms with E-state index in [1.807, 2.05) is 57.2 Å². The molecule has 1 aliphatic rings. The van der Waals surface area contributed by atoms with Crippen LogP contribution in [0.4, 0.5) is 0 Å². The molecule has 0 amide bonds. The number of esters is 1. The van der Waals surface area contributed by atoms with Crippen LogP contribution in [-0.2, 0) is 26.0 Å². The second-order valence-electron chi connectivity index (χ2n) is 8.35. The smallest absolute Gasteiger partial charge is 0.345 e. The molecule has 1 fully saturated rings. The molecule has 1 saturated heterocycles. The van der Waals surface area contributed by atoms with E-state index >= 15 is 0 Å². The van der Waals surface area contributed by atoms with Crippen molar-refractivity contribution in [2.75, 3.05) is 18.1 Å². The Morgan fingerprint density at radius 3 is 2.30 bits per heavy atom. The number of carbonyl (C=O) groups is 1. The monoisotopic (exact) mass is 421 g/mol. The fraction of sp³-hybridized carbons (Fsp3) is 0.346. The first-order chi connectivity index (χ1) is 14.4. The summed E-state index contributed by atoms with van der Waals surface area (Å²) in [6, 6.07) is 20.6. The van der Waals surface area contributed by atoms with Gasteiger partial charge in [0.2, 0.25) is 0 Å². The van der Waals surface area contributed by atoms with Crippen LogP contribution in [0.15, 0.2) is 65.6 Å². The predicted molar refractivity (Wildman–Crippen MR) is 124 cm³/mol. The maximum atomic E-state index is 12.5. The molecule has 0 atom stereocenters. The summed E-state index contributed by atoms with van der Waals surface area (Å²) in [5, 5.41) is 2.31. The largest absolute Gasteiger partial charge is 0.481 e. The SMILES string of the molecule is Cc1ccc(C(C)(C)OC(=O)COc2ccc([S+]3CCCC3)c3ccccc23)cc1. The van der Waals surface area contributed by atoms with Crippen LogP contribution in [0.2, 0.25) is 0 Å². The molecule has 4 heteroatoms. The molecular formula is C26H29O3S+. The molecule has 0 spiro atoms. The lowest BCUT2D eigenvalue weighted by Gasteiger charge is -2.26. The van der Waals surface area contributed by atoms with Crippen molar-refractivity contribution in [1.29, 1.82) is 0 Å². The van der Waals surface area contributed by atoms with Crippen molar-refractivity contribution in [3.63, 3.8) is 0 Å². The summed E-state index contributed by atoms with van der Waals surface area (Å²) in [6.45, 7) is 5.74. The third kappa shape index (κ3) is 4.49. The maximum Gasteiger partial charge on any atom is 0.345 e. The Morgan fingerprint density at radius 2 is 1.60 bits per heavy atom. The van der Waals surface area contributed by atoms with Crippen LogP contribution in [0.3, 0.4) is 0 Å². The van der Waals surface area contributed by atoms with Crippen LogP contribution >= 0.6 is 0 Å². The molecule has 1 aliphatic heterocycles. The van der Waals surface area contributed by atoms with E-state index in [-0.39, 0.29) is 12.6 Å². The van der Waals surface area contributed by atoms with Gasteiger partial charge in [0.1, 0.15) is 22.9 Å². The fourth-order valence-corrected chi connectivity index (χ4v) is 6.46. The van der Waals surface area contributed by atoms with Gasteiger partial charge in [-0.3, -0.25) is 0 Å². The van der Waals surface area contributed by atoms with Crippen molar-refractivity contribution >= 4 is 27.6 Å². The van der Waals surface area contributed by atoms with Crippen molar-refractivity contribution in [2.45, 2.75) is 44.1 Å². The highest BCUT2D eigenvalue weighted by Gasteiger charge is 2.29. The minimum Gasteiger partial charge on any atom is -0.481 e. The molecule has 0 N–H and O–H groups in total. The van der Waals surface area contributed by atoms with Crippen LogP contribution in [0.25, 0.3) is 10.8 Å². The Morgan fingerprint density at radius 1 is 0.933 bits per heavy atom. The average Bonchev–Trinajstić information content (AvgIpc) is 3.26. The van der Waals surface area contributed by atoms with Gasteiger partial charge in [-0.2, -0.15) is 0 Å². The quantitative estimate of drug-likeness (QED) is 0.374. The van der Waals surface area contributed by atoms with Crippen molar-refractivity contribution in [1.82, 2.24) is 0 Å². The molecule has 156 valence electrons. The number of carbonyl (C=O) groups excluding carboxylic acids is 1. The summed E-state index contributed by atoms with van der Waals surface area (Å²) in [4.78, 5) is 14.0. The molecule has 0 unspecified atom stereocenters. The highest BCUT2D eigenvalue weighted by Crippen LogP contribution is 2.35. The molecule has 0 aromatic heterocycles. The number of rotatable bonds is 6. The van der Waals surface area contributed by atoms with Gasteiger partial charge in [0.15, 0.2) is 11.5 Å². The molecule has 0 aliphatic carbocycles. The summed E-state index contributed by atoms with van der Waals surface area (Å²) in [7, 11) is 0.330. The van der Waals surface area contributed by atoms with Gasteiger partial charge in [-0.15, -0.1) is 0 Å². The number of hydrogen-bond acceptors (Lipinski definition) is 3. The van der Waals surface area contributed by atoms with Gasteiger partial charge < -0.3 is 9.47 Å². The van der Waals surface area contributed by atoms with Gasteiger partial charge in [-0.05, 0) is 57.4 Å². The van der Waals surface area contributed by atoms with E-state index in [9.17, 15) is 4.79 Å². The molecule has 0 bridgehead atoms. The minimum atomic E-state index is -0.705. The number of benzene rings is 3.